The summed E-state index contributed by atoms with van der Waals surface area (Å²) >= 11 is 0. The van der Waals surface area contributed by atoms with Gasteiger partial charge in [0.05, 0.1) is 0 Å². The molecule has 0 saturated carbocycles. The van der Waals surface area contributed by atoms with Crippen LogP contribution in [0.15, 0.2) is 60.8 Å². The third-order valence-corrected chi connectivity index (χ3v) is 9.31. The van der Waals surface area contributed by atoms with Crippen molar-refractivity contribution in [2.45, 2.75) is 187 Å². The number of carbonyl (C=O) groups is 1. The van der Waals surface area contributed by atoms with E-state index >= 15 is 0 Å². The summed E-state index contributed by atoms with van der Waals surface area (Å²) in [6, 6.07) is 0. The molecule has 1 amide bonds. The van der Waals surface area contributed by atoms with E-state index in [1.165, 1.54) is 103 Å². The van der Waals surface area contributed by atoms with Crippen molar-refractivity contribution in [3.8, 4) is 0 Å². The molecule has 1 atom stereocenters. The molecule has 0 aromatic carbocycles. The van der Waals surface area contributed by atoms with Crippen LogP contribution in [-0.2, 0) is 4.74 Å². The lowest BCUT2D eigenvalue weighted by molar-refractivity contribution is 0.0576. The van der Waals surface area contributed by atoms with Gasteiger partial charge in [0.25, 0.3) is 0 Å². The second-order valence-corrected chi connectivity index (χ2v) is 14.0. The molecule has 4 heteroatoms. The highest BCUT2D eigenvalue weighted by molar-refractivity contribution is 5.67. The molecule has 0 N–H and O–H groups in total. The van der Waals surface area contributed by atoms with Crippen LogP contribution in [-0.4, -0.2) is 55.7 Å². The minimum atomic E-state index is -0.138. The lowest BCUT2D eigenvalue weighted by Gasteiger charge is -2.23. The zero-order valence-electron chi connectivity index (χ0n) is 33.4. The second kappa shape index (κ2) is 38.7. The van der Waals surface area contributed by atoms with E-state index in [2.05, 4.69) is 93.5 Å². The number of hydrogen-bond donors (Lipinski definition) is 0. The Labute approximate surface area is 306 Å². The summed E-state index contributed by atoms with van der Waals surface area (Å²) in [5.74, 6) is 0. The third kappa shape index (κ3) is 35.6. The summed E-state index contributed by atoms with van der Waals surface area (Å²) in [7, 11) is 4.02. The molecule has 0 saturated heterocycles. The molecule has 4 nitrogen and oxygen atoms in total. The summed E-state index contributed by atoms with van der Waals surface area (Å²) < 4.78 is 6.09. The van der Waals surface area contributed by atoms with Crippen LogP contribution < -0.4 is 0 Å². The largest absolute Gasteiger partial charge is 0.446 e. The van der Waals surface area contributed by atoms with Crippen molar-refractivity contribution in [3.05, 3.63) is 60.8 Å². The molecule has 0 heterocycles. The van der Waals surface area contributed by atoms with E-state index < -0.39 is 0 Å². The molecule has 0 aromatic heterocycles. The molecule has 49 heavy (non-hydrogen) atoms. The zero-order chi connectivity index (χ0) is 35.9. The van der Waals surface area contributed by atoms with E-state index in [0.717, 1.165) is 77.4 Å². The van der Waals surface area contributed by atoms with Gasteiger partial charge in [0.1, 0.15) is 6.10 Å². The Hall–Kier alpha value is -2.07. The fourth-order valence-corrected chi connectivity index (χ4v) is 5.85. The second-order valence-electron chi connectivity index (χ2n) is 14.0. The summed E-state index contributed by atoms with van der Waals surface area (Å²) in [5.41, 5.74) is 0. The van der Waals surface area contributed by atoms with Crippen molar-refractivity contribution in [2.24, 2.45) is 0 Å². The molecule has 0 fully saturated rings. The van der Waals surface area contributed by atoms with Gasteiger partial charge >= 0.3 is 6.09 Å². The Balaban J connectivity index is 4.24. The van der Waals surface area contributed by atoms with Crippen molar-refractivity contribution >= 4 is 6.09 Å². The van der Waals surface area contributed by atoms with Crippen LogP contribution in [0.2, 0.25) is 0 Å². The van der Waals surface area contributed by atoms with Gasteiger partial charge in [0.15, 0.2) is 0 Å². The molecule has 0 spiro atoms. The lowest BCUT2D eigenvalue weighted by Crippen LogP contribution is -2.33. The number of amides is 1. The summed E-state index contributed by atoms with van der Waals surface area (Å²) in [6.45, 7) is 9.41. The van der Waals surface area contributed by atoms with Gasteiger partial charge < -0.3 is 14.5 Å². The van der Waals surface area contributed by atoms with Gasteiger partial charge in [-0.05, 0) is 116 Å². The highest BCUT2D eigenvalue weighted by Crippen LogP contribution is 2.18. The third-order valence-electron chi connectivity index (χ3n) is 9.31. The normalized spacial score (nSPS) is 13.0. The first kappa shape index (κ1) is 46.9. The fraction of sp³-hybridized carbons (Fsp3) is 0.756. The van der Waals surface area contributed by atoms with Crippen LogP contribution in [0.4, 0.5) is 4.79 Å². The van der Waals surface area contributed by atoms with Crippen molar-refractivity contribution in [3.63, 3.8) is 0 Å². The maximum atomic E-state index is 12.9. The van der Waals surface area contributed by atoms with Gasteiger partial charge in [-0.25, -0.2) is 4.79 Å². The Morgan fingerprint density at radius 1 is 0.510 bits per heavy atom. The van der Waals surface area contributed by atoms with E-state index in [1.54, 1.807) is 4.90 Å². The number of carbonyl (C=O) groups excluding carboxylic acids is 1. The smallest absolute Gasteiger partial charge is 0.409 e. The first-order chi connectivity index (χ1) is 24.0. The highest BCUT2D eigenvalue weighted by atomic mass is 16.6. The number of allylic oxidation sites excluding steroid dienone is 10. The van der Waals surface area contributed by atoms with Crippen LogP contribution in [0.5, 0.6) is 0 Å². The molecular formula is C45H82N2O2. The zero-order valence-corrected chi connectivity index (χ0v) is 33.4. The summed E-state index contributed by atoms with van der Waals surface area (Å²) in [6.07, 6.45) is 53.0. The number of rotatable bonds is 35. The van der Waals surface area contributed by atoms with E-state index in [4.69, 9.17) is 4.74 Å². The Morgan fingerprint density at radius 2 is 0.939 bits per heavy atom. The van der Waals surface area contributed by atoms with Crippen LogP contribution in [0, 0.1) is 0 Å². The van der Waals surface area contributed by atoms with Crippen LogP contribution in [0.3, 0.4) is 0 Å². The van der Waals surface area contributed by atoms with E-state index in [-0.39, 0.29) is 12.2 Å². The van der Waals surface area contributed by atoms with Crippen LogP contribution in [0.1, 0.15) is 181 Å². The van der Waals surface area contributed by atoms with Gasteiger partial charge in [-0.15, -0.1) is 0 Å². The van der Waals surface area contributed by atoms with Crippen molar-refractivity contribution < 1.29 is 9.53 Å². The monoisotopic (exact) mass is 683 g/mol. The number of nitrogens with zero attached hydrogens (tertiary/aromatic N) is 2. The summed E-state index contributed by atoms with van der Waals surface area (Å²) in [5, 5.41) is 0. The molecular weight excluding hydrogens is 601 g/mol. The van der Waals surface area contributed by atoms with Crippen LogP contribution >= 0.6 is 0 Å². The van der Waals surface area contributed by atoms with Crippen molar-refractivity contribution in [1.29, 1.82) is 0 Å². The average molecular weight is 683 g/mol. The standard InChI is InChI=1S/C45H82N2O2/c1-6-9-11-13-15-17-19-21-23-25-27-29-31-33-35-37-40-44(49-45(48)47(5)43-39-42-46(4)8-3)41-38-36-34-32-30-28-26-24-22-20-18-16-14-12-10-7-2/h9,11,15-18,21-24,44H,6-8,10,12-14,19-20,25-43H2,1-5H3. The van der Waals surface area contributed by atoms with Crippen molar-refractivity contribution in [2.75, 3.05) is 33.7 Å². The molecule has 0 aliphatic heterocycles. The minimum absolute atomic E-state index is 0.0564. The molecule has 0 bridgehead atoms. The van der Waals surface area contributed by atoms with E-state index in [0.29, 0.717) is 0 Å². The molecule has 0 aliphatic rings. The predicted octanol–water partition coefficient (Wildman–Crippen LogP) is 13.9. The first-order valence-corrected chi connectivity index (χ1v) is 20.9. The van der Waals surface area contributed by atoms with E-state index in [9.17, 15) is 4.79 Å². The fourth-order valence-electron chi connectivity index (χ4n) is 5.85. The van der Waals surface area contributed by atoms with Crippen LogP contribution in [0.25, 0.3) is 0 Å². The minimum Gasteiger partial charge on any atom is -0.446 e. The molecule has 1 unspecified atom stereocenters. The molecule has 284 valence electrons. The average Bonchev–Trinajstić information content (AvgIpc) is 3.10. The van der Waals surface area contributed by atoms with Gasteiger partial charge in [-0.1, -0.05) is 146 Å². The predicted molar refractivity (Wildman–Crippen MR) is 219 cm³/mol. The molecule has 0 aliphatic carbocycles. The Morgan fingerprint density at radius 3 is 1.41 bits per heavy atom. The maximum Gasteiger partial charge on any atom is 0.409 e. The molecule has 0 radical (unpaired) electrons. The highest BCUT2D eigenvalue weighted by Gasteiger charge is 2.17. The Kier molecular flexibility index (Phi) is 37.1. The SMILES string of the molecule is CCC=CCC=CCC=CCCCCCCCCC(CCCCCCCCC=CCC=CCCCCC)OC(=O)N(C)CCCN(C)CC. The number of ether oxygens (including phenoxy) is 1. The van der Waals surface area contributed by atoms with Gasteiger partial charge in [0.2, 0.25) is 0 Å². The Bertz CT molecular complexity index is 843. The number of hydrogen-bond acceptors (Lipinski definition) is 3. The van der Waals surface area contributed by atoms with Gasteiger partial charge in [-0.2, -0.15) is 0 Å². The molecule has 0 aromatic rings. The number of unbranched alkanes of at least 4 members (excludes halogenated alkanes) is 15. The lowest BCUT2D eigenvalue weighted by atomic mass is 10.0. The summed E-state index contributed by atoms with van der Waals surface area (Å²) in [4.78, 5) is 17.0. The van der Waals surface area contributed by atoms with Gasteiger partial charge in [0, 0.05) is 13.6 Å². The topological polar surface area (TPSA) is 32.8 Å². The van der Waals surface area contributed by atoms with Crippen molar-refractivity contribution in [1.82, 2.24) is 9.80 Å². The molecule has 0 rings (SSSR count). The maximum absolute atomic E-state index is 12.9. The van der Waals surface area contributed by atoms with Gasteiger partial charge in [-0.3, -0.25) is 0 Å². The first-order valence-electron chi connectivity index (χ1n) is 20.9. The van der Waals surface area contributed by atoms with E-state index in [1.807, 2.05) is 7.05 Å². The quantitative estimate of drug-likeness (QED) is 0.0493.